The van der Waals surface area contributed by atoms with Gasteiger partial charge >= 0.3 is 7.62 Å². The maximum atomic E-state index is 9.69. The largest absolute Gasteiger partial charge is 0.525 e. The van der Waals surface area contributed by atoms with Crippen LogP contribution in [-0.4, -0.2) is 32.0 Å². The minimum atomic E-state index is 0.413. The van der Waals surface area contributed by atoms with E-state index in [0.29, 0.717) is 14.1 Å². The fourth-order valence-electron chi connectivity index (χ4n) is 0.542. The third-order valence-corrected chi connectivity index (χ3v) is 1.22. The van der Waals surface area contributed by atoms with E-state index in [1.165, 1.54) is 0 Å². The lowest BCUT2D eigenvalue weighted by molar-refractivity contribution is -0.121. The molecule has 52 valence electrons. The molecule has 0 aromatic heterocycles. The Kier molecular flexibility index (Phi) is 5.31. The molecule has 0 rings (SSSR count). The lowest BCUT2D eigenvalue weighted by Crippen LogP contribution is -2.28. The van der Waals surface area contributed by atoms with Crippen LogP contribution in [0, 0.1) is 0 Å². The van der Waals surface area contributed by atoms with Crippen LogP contribution in [0.3, 0.4) is 0 Å². The molecule has 0 aromatic carbocycles. The average molecular weight is 129 g/mol. The number of hydrogen-bond donors (Lipinski definition) is 0. The summed E-state index contributed by atoms with van der Waals surface area (Å²) in [5.41, 5.74) is 0. The van der Waals surface area contributed by atoms with Gasteiger partial charge in [0, 0.05) is 0 Å². The lowest BCUT2D eigenvalue weighted by Gasteiger charge is -2.13. The van der Waals surface area contributed by atoms with Crippen molar-refractivity contribution < 1.29 is 9.45 Å². The molecule has 0 heterocycles. The highest BCUT2D eigenvalue weighted by atomic mass is 16.5. The maximum absolute atomic E-state index is 9.69. The first-order valence-corrected chi connectivity index (χ1v) is 3.12. The van der Waals surface area contributed by atoms with Crippen LogP contribution in [-0.2, 0) is 9.45 Å². The fourth-order valence-corrected chi connectivity index (χ4v) is 0.542. The van der Waals surface area contributed by atoms with Crippen LogP contribution >= 0.6 is 0 Å². The fraction of sp³-hybridized carbons (Fsp3) is 0.800. The smallest absolute Gasteiger partial charge is 0.432 e. The van der Waals surface area contributed by atoms with Gasteiger partial charge in [0.25, 0.3) is 6.47 Å². The Morgan fingerprint density at radius 3 is 2.44 bits per heavy atom. The normalized spacial score (nSPS) is 9.22. The van der Waals surface area contributed by atoms with Crippen LogP contribution in [0.5, 0.6) is 0 Å². The van der Waals surface area contributed by atoms with Gasteiger partial charge in [-0.2, -0.15) is 0 Å². The van der Waals surface area contributed by atoms with Crippen molar-refractivity contribution in [2.75, 3.05) is 13.1 Å². The summed E-state index contributed by atoms with van der Waals surface area (Å²) in [6.45, 7) is 6.36. The lowest BCUT2D eigenvalue weighted by atomic mass is 10.2. The summed E-state index contributed by atoms with van der Waals surface area (Å²) in [6.07, 6.45) is 0. The van der Waals surface area contributed by atoms with E-state index >= 15 is 0 Å². The first-order valence-electron chi connectivity index (χ1n) is 3.12. The molecule has 0 unspecified atom stereocenters. The highest BCUT2D eigenvalue weighted by molar-refractivity contribution is 6.25. The summed E-state index contributed by atoms with van der Waals surface area (Å²) in [5.74, 6) is 0. The Labute approximate surface area is 56.3 Å². The van der Waals surface area contributed by atoms with E-state index in [4.69, 9.17) is 0 Å². The second-order valence-electron chi connectivity index (χ2n) is 1.70. The zero-order valence-electron chi connectivity index (χ0n) is 5.96. The number of carbonyl (C=O) groups excluding carboxylic acids is 1. The molecule has 0 fully saturated rings. The minimum absolute atomic E-state index is 0.413. The summed E-state index contributed by atoms with van der Waals surface area (Å²) in [4.78, 5) is 11.7. The molecule has 0 spiro atoms. The van der Waals surface area contributed by atoms with Crippen molar-refractivity contribution in [3.05, 3.63) is 0 Å². The zero-order chi connectivity index (χ0) is 7.11. The second-order valence-corrected chi connectivity index (χ2v) is 1.70. The number of hydrogen-bond acceptors (Lipinski definition) is 3. The number of nitrogens with zero attached hydrogens (tertiary/aromatic N) is 1. The summed E-state index contributed by atoms with van der Waals surface area (Å²) < 4.78 is 4.52. The van der Waals surface area contributed by atoms with E-state index in [9.17, 15) is 4.79 Å². The van der Waals surface area contributed by atoms with Crippen LogP contribution in [0.1, 0.15) is 13.8 Å². The Hall–Kier alpha value is -0.505. The van der Waals surface area contributed by atoms with Gasteiger partial charge in [0.15, 0.2) is 0 Å². The van der Waals surface area contributed by atoms with Gasteiger partial charge in [-0.3, -0.25) is 4.79 Å². The Balaban J connectivity index is 3.19. The van der Waals surface area contributed by atoms with E-state index in [0.717, 1.165) is 13.1 Å². The van der Waals surface area contributed by atoms with Gasteiger partial charge < -0.3 is 9.47 Å². The molecule has 0 saturated carbocycles. The summed E-state index contributed by atoms with van der Waals surface area (Å²) in [7, 11) is 0.413. The molecule has 0 saturated heterocycles. The first-order chi connectivity index (χ1) is 4.35. The van der Waals surface area contributed by atoms with Crippen LogP contribution in [0.15, 0.2) is 0 Å². The molecular formula is C5H12BNO2. The molecule has 0 aliphatic rings. The minimum Gasteiger partial charge on any atom is -0.525 e. The molecule has 0 aromatic rings. The molecule has 0 bridgehead atoms. The van der Waals surface area contributed by atoms with Gasteiger partial charge in [-0.1, -0.05) is 13.8 Å². The third-order valence-electron chi connectivity index (χ3n) is 1.22. The van der Waals surface area contributed by atoms with Gasteiger partial charge in [-0.05, 0) is 13.1 Å². The van der Waals surface area contributed by atoms with Crippen molar-refractivity contribution in [2.45, 2.75) is 13.8 Å². The van der Waals surface area contributed by atoms with Crippen molar-refractivity contribution in [2.24, 2.45) is 0 Å². The topological polar surface area (TPSA) is 29.5 Å². The van der Waals surface area contributed by atoms with Crippen LogP contribution in [0.4, 0.5) is 0 Å². The Bertz CT molecular complexity index is 75.4. The predicted molar refractivity (Wildman–Crippen MR) is 37.2 cm³/mol. The van der Waals surface area contributed by atoms with Crippen molar-refractivity contribution in [1.29, 1.82) is 0 Å². The highest BCUT2D eigenvalue weighted by Crippen LogP contribution is 1.81. The highest BCUT2D eigenvalue weighted by Gasteiger charge is 2.00. The summed E-state index contributed by atoms with van der Waals surface area (Å²) in [6, 6.07) is 0. The van der Waals surface area contributed by atoms with Crippen LogP contribution in [0.25, 0.3) is 0 Å². The Morgan fingerprint density at radius 2 is 2.11 bits per heavy atom. The van der Waals surface area contributed by atoms with Gasteiger partial charge in [0.05, 0.1) is 0 Å². The average Bonchev–Trinajstić information content (AvgIpc) is 1.91. The van der Waals surface area contributed by atoms with Crippen molar-refractivity contribution in [3.8, 4) is 0 Å². The Morgan fingerprint density at radius 1 is 1.56 bits per heavy atom. The SMILES string of the molecule is CCN(BOC=O)CC. The number of carbonyl (C=O) groups is 1. The van der Waals surface area contributed by atoms with Crippen molar-refractivity contribution in [1.82, 2.24) is 4.81 Å². The molecule has 4 heteroatoms. The second kappa shape index (κ2) is 5.63. The summed E-state index contributed by atoms with van der Waals surface area (Å²) in [5, 5.41) is 0. The quantitative estimate of drug-likeness (QED) is 0.379. The van der Waals surface area contributed by atoms with Crippen molar-refractivity contribution in [3.63, 3.8) is 0 Å². The molecule has 0 atom stereocenters. The standard InChI is InChI=1S/C5H12BNO2/c1-3-7(4-2)6-9-5-8/h5-6H,3-4H2,1-2H3. The summed E-state index contributed by atoms with van der Waals surface area (Å²) >= 11 is 0. The molecule has 0 N–H and O–H groups in total. The molecule has 3 nitrogen and oxygen atoms in total. The molecular weight excluding hydrogens is 117 g/mol. The molecule has 0 aliphatic heterocycles. The molecule has 9 heavy (non-hydrogen) atoms. The van der Waals surface area contributed by atoms with Crippen LogP contribution < -0.4 is 0 Å². The maximum Gasteiger partial charge on any atom is 0.432 e. The monoisotopic (exact) mass is 129 g/mol. The zero-order valence-corrected chi connectivity index (χ0v) is 5.96. The number of rotatable bonds is 5. The first kappa shape index (κ1) is 8.49. The van der Waals surface area contributed by atoms with E-state index in [2.05, 4.69) is 4.65 Å². The third kappa shape index (κ3) is 4.03. The van der Waals surface area contributed by atoms with E-state index < -0.39 is 0 Å². The molecule has 0 radical (unpaired) electrons. The van der Waals surface area contributed by atoms with Gasteiger partial charge in [-0.25, -0.2) is 0 Å². The van der Waals surface area contributed by atoms with Gasteiger partial charge in [0.1, 0.15) is 0 Å². The molecule has 0 aliphatic carbocycles. The van der Waals surface area contributed by atoms with Crippen LogP contribution in [0.2, 0.25) is 0 Å². The van der Waals surface area contributed by atoms with Gasteiger partial charge in [-0.15, -0.1) is 0 Å². The van der Waals surface area contributed by atoms with Gasteiger partial charge in [0.2, 0.25) is 0 Å². The van der Waals surface area contributed by atoms with E-state index in [1.807, 2.05) is 18.7 Å². The molecule has 0 amide bonds. The van der Waals surface area contributed by atoms with E-state index in [-0.39, 0.29) is 0 Å². The van der Waals surface area contributed by atoms with E-state index in [1.54, 1.807) is 0 Å². The predicted octanol–water partition coefficient (Wildman–Crippen LogP) is -0.232. The van der Waals surface area contributed by atoms with Crippen molar-refractivity contribution >= 4 is 14.1 Å².